The summed E-state index contributed by atoms with van der Waals surface area (Å²) in [6.45, 7) is 4.03. The van der Waals surface area contributed by atoms with Gasteiger partial charge in [-0.2, -0.15) is 0 Å². The largest absolute Gasteiger partial charge is 0.545 e. The Bertz CT molecular complexity index is 905. The molecule has 0 amide bonds. The molecular weight excluding hydrogens is 312 g/mol. The number of aromatic nitrogens is 1. The van der Waals surface area contributed by atoms with Gasteiger partial charge in [0.15, 0.2) is 0 Å². The van der Waals surface area contributed by atoms with Gasteiger partial charge >= 0.3 is 0 Å². The predicted molar refractivity (Wildman–Crippen MR) is 97.0 cm³/mol. The zero-order chi connectivity index (χ0) is 17.8. The summed E-state index contributed by atoms with van der Waals surface area (Å²) in [6, 6.07) is 16.9. The molecule has 1 heterocycles. The topological polar surface area (TPSA) is 65.0 Å². The average molecular weight is 331 g/mol. The summed E-state index contributed by atoms with van der Waals surface area (Å²) in [7, 11) is 0. The van der Waals surface area contributed by atoms with E-state index in [0.717, 1.165) is 28.1 Å². The van der Waals surface area contributed by atoms with E-state index in [2.05, 4.69) is 10.3 Å². The first-order valence-corrected chi connectivity index (χ1v) is 8.12. The van der Waals surface area contributed by atoms with Crippen LogP contribution >= 0.6 is 0 Å². The number of hydrogen-bond acceptors (Lipinski definition) is 4. The number of aromatic carboxylic acids is 1. The third kappa shape index (κ3) is 3.86. The Hall–Kier alpha value is -3.14. The second-order valence-corrected chi connectivity index (χ2v) is 6.04. The van der Waals surface area contributed by atoms with Gasteiger partial charge in [-0.25, -0.2) is 0 Å². The van der Waals surface area contributed by atoms with Gasteiger partial charge in [-0.1, -0.05) is 30.3 Å². The number of anilines is 2. The molecule has 25 heavy (non-hydrogen) atoms. The highest BCUT2D eigenvalue weighted by atomic mass is 16.4. The third-order valence-electron chi connectivity index (χ3n) is 4.29. The number of carboxylic acid groups (broad SMARTS) is 1. The number of rotatable bonds is 5. The third-order valence-corrected chi connectivity index (χ3v) is 4.29. The molecule has 0 unspecified atom stereocenters. The molecule has 0 fully saturated rings. The highest BCUT2D eigenvalue weighted by Gasteiger charge is 2.09. The van der Waals surface area contributed by atoms with Crippen LogP contribution in [0.5, 0.6) is 0 Å². The maximum absolute atomic E-state index is 11.5. The normalized spacial score (nSPS) is 10.5. The van der Waals surface area contributed by atoms with Gasteiger partial charge in [0, 0.05) is 35.2 Å². The summed E-state index contributed by atoms with van der Waals surface area (Å²) in [5.41, 5.74) is 5.70. The number of carbonyl (C=O) groups is 1. The van der Waals surface area contributed by atoms with Crippen LogP contribution < -0.4 is 10.4 Å². The van der Waals surface area contributed by atoms with Crippen LogP contribution in [0.2, 0.25) is 0 Å². The maximum Gasteiger partial charge on any atom is 0.0736 e. The van der Waals surface area contributed by atoms with E-state index in [-0.39, 0.29) is 5.56 Å². The molecular formula is C21H19N2O2-. The van der Waals surface area contributed by atoms with Crippen LogP contribution in [0, 0.1) is 13.8 Å². The highest BCUT2D eigenvalue weighted by molar-refractivity contribution is 5.94. The van der Waals surface area contributed by atoms with Crippen molar-refractivity contribution in [2.24, 2.45) is 0 Å². The average Bonchev–Trinajstić information content (AvgIpc) is 2.60. The molecule has 3 rings (SSSR count). The molecule has 1 N–H and O–H groups in total. The second-order valence-electron chi connectivity index (χ2n) is 6.04. The minimum Gasteiger partial charge on any atom is -0.545 e. The van der Waals surface area contributed by atoms with Gasteiger partial charge in [0.1, 0.15) is 0 Å². The fourth-order valence-corrected chi connectivity index (χ4v) is 2.73. The van der Waals surface area contributed by atoms with Crippen LogP contribution in [-0.4, -0.2) is 11.0 Å². The number of hydrogen-bond donors (Lipinski definition) is 1. The number of benzene rings is 2. The van der Waals surface area contributed by atoms with Gasteiger partial charge in [0.05, 0.1) is 5.97 Å². The van der Waals surface area contributed by atoms with E-state index >= 15 is 0 Å². The molecule has 1 aromatic heterocycles. The lowest BCUT2D eigenvalue weighted by atomic mass is 10.0. The molecule has 4 nitrogen and oxygen atoms in total. The van der Waals surface area contributed by atoms with E-state index in [0.29, 0.717) is 12.1 Å². The summed E-state index contributed by atoms with van der Waals surface area (Å²) in [6.07, 6.45) is 2.38. The SMILES string of the molecule is Cc1cccc(Nc2cc(Cc3ccccn3)ccc2C(=O)[O-])c1C. The van der Waals surface area contributed by atoms with Crippen molar-refractivity contribution in [2.45, 2.75) is 20.3 Å². The predicted octanol–water partition coefficient (Wildman–Crippen LogP) is 3.40. The Labute approximate surface area is 147 Å². The van der Waals surface area contributed by atoms with Gasteiger partial charge in [0.2, 0.25) is 0 Å². The second kappa shape index (κ2) is 7.18. The molecule has 0 atom stereocenters. The van der Waals surface area contributed by atoms with Crippen LogP contribution in [0.1, 0.15) is 32.7 Å². The number of nitrogens with one attached hydrogen (secondary N) is 1. The first kappa shape index (κ1) is 16.7. The Morgan fingerprint density at radius 2 is 1.88 bits per heavy atom. The van der Waals surface area contributed by atoms with Crippen molar-refractivity contribution in [2.75, 3.05) is 5.32 Å². The summed E-state index contributed by atoms with van der Waals surface area (Å²) >= 11 is 0. The summed E-state index contributed by atoms with van der Waals surface area (Å²) in [5.74, 6) is -1.20. The summed E-state index contributed by atoms with van der Waals surface area (Å²) in [5, 5.41) is 14.7. The Balaban J connectivity index is 1.96. The number of pyridine rings is 1. The zero-order valence-electron chi connectivity index (χ0n) is 14.2. The molecule has 0 bridgehead atoms. The first-order chi connectivity index (χ1) is 12.0. The zero-order valence-corrected chi connectivity index (χ0v) is 14.2. The standard InChI is InChI=1S/C21H20N2O2/c1-14-6-5-8-19(15(14)2)23-20-13-16(9-10-18(20)21(24)25)12-17-7-3-4-11-22-17/h3-11,13,23H,12H2,1-2H3,(H,24,25)/p-1. The lowest BCUT2D eigenvalue weighted by Gasteiger charge is -2.17. The van der Waals surface area contributed by atoms with Gasteiger partial charge in [0.25, 0.3) is 0 Å². The maximum atomic E-state index is 11.5. The van der Waals surface area contributed by atoms with E-state index in [9.17, 15) is 9.90 Å². The minimum atomic E-state index is -1.20. The van der Waals surface area contributed by atoms with E-state index in [1.54, 1.807) is 18.3 Å². The Kier molecular flexibility index (Phi) is 4.80. The van der Waals surface area contributed by atoms with Crippen molar-refractivity contribution in [1.29, 1.82) is 0 Å². The quantitative estimate of drug-likeness (QED) is 0.778. The summed E-state index contributed by atoms with van der Waals surface area (Å²) < 4.78 is 0. The molecule has 0 aliphatic carbocycles. The van der Waals surface area contributed by atoms with Crippen molar-refractivity contribution in [1.82, 2.24) is 4.98 Å². The van der Waals surface area contributed by atoms with Crippen LogP contribution in [0.4, 0.5) is 11.4 Å². The lowest BCUT2D eigenvalue weighted by Crippen LogP contribution is -2.23. The molecule has 0 spiro atoms. The molecule has 4 heteroatoms. The Morgan fingerprint density at radius 3 is 2.60 bits per heavy atom. The monoisotopic (exact) mass is 331 g/mol. The van der Waals surface area contributed by atoms with Gasteiger partial charge in [-0.3, -0.25) is 4.98 Å². The summed E-state index contributed by atoms with van der Waals surface area (Å²) in [4.78, 5) is 15.8. The molecule has 3 aromatic rings. The fourth-order valence-electron chi connectivity index (χ4n) is 2.73. The van der Waals surface area contributed by atoms with Gasteiger partial charge in [-0.15, -0.1) is 0 Å². The number of carboxylic acids is 1. The molecule has 0 radical (unpaired) electrons. The van der Waals surface area contributed by atoms with Crippen LogP contribution in [0.15, 0.2) is 60.8 Å². The highest BCUT2D eigenvalue weighted by Crippen LogP contribution is 2.26. The van der Waals surface area contributed by atoms with Crippen molar-refractivity contribution >= 4 is 17.3 Å². The van der Waals surface area contributed by atoms with Gasteiger partial charge < -0.3 is 15.2 Å². The van der Waals surface area contributed by atoms with Crippen LogP contribution in [0.3, 0.4) is 0 Å². The van der Waals surface area contributed by atoms with E-state index < -0.39 is 5.97 Å². The molecule has 0 saturated heterocycles. The minimum absolute atomic E-state index is 0.144. The van der Waals surface area contributed by atoms with E-state index in [1.165, 1.54) is 0 Å². The van der Waals surface area contributed by atoms with Crippen molar-refractivity contribution in [3.63, 3.8) is 0 Å². The molecule has 0 saturated carbocycles. The number of aryl methyl sites for hydroxylation is 1. The van der Waals surface area contributed by atoms with E-state index in [4.69, 9.17) is 0 Å². The van der Waals surface area contributed by atoms with Crippen LogP contribution in [0.25, 0.3) is 0 Å². The first-order valence-electron chi connectivity index (χ1n) is 8.12. The molecule has 0 aliphatic heterocycles. The van der Waals surface area contributed by atoms with E-state index in [1.807, 2.05) is 56.3 Å². The fraction of sp³-hybridized carbons (Fsp3) is 0.143. The van der Waals surface area contributed by atoms with Crippen molar-refractivity contribution in [3.05, 3.63) is 88.7 Å². The molecule has 2 aromatic carbocycles. The lowest BCUT2D eigenvalue weighted by molar-refractivity contribution is -0.254. The number of carbonyl (C=O) groups excluding carboxylic acids is 1. The molecule has 126 valence electrons. The smallest absolute Gasteiger partial charge is 0.0736 e. The van der Waals surface area contributed by atoms with Crippen molar-refractivity contribution in [3.8, 4) is 0 Å². The molecule has 0 aliphatic rings. The van der Waals surface area contributed by atoms with Crippen molar-refractivity contribution < 1.29 is 9.90 Å². The van der Waals surface area contributed by atoms with Crippen LogP contribution in [-0.2, 0) is 6.42 Å². The number of nitrogens with zero attached hydrogens (tertiary/aromatic N) is 1. The van der Waals surface area contributed by atoms with Gasteiger partial charge in [-0.05, 0) is 54.8 Å². The Morgan fingerprint density at radius 1 is 1.04 bits per heavy atom.